The average molecular weight is 260 g/mol. The summed E-state index contributed by atoms with van der Waals surface area (Å²) >= 11 is 0. The van der Waals surface area contributed by atoms with Gasteiger partial charge in [0.25, 0.3) is 0 Å². The third-order valence-corrected chi connectivity index (χ3v) is 3.90. The Hall–Kier alpha value is -0.980. The molecule has 0 radical (unpaired) electrons. The van der Waals surface area contributed by atoms with E-state index in [1.54, 1.807) is 6.92 Å². The quantitative estimate of drug-likeness (QED) is 0.858. The maximum Gasteiger partial charge on any atom is 0.240 e. The van der Waals surface area contributed by atoms with Gasteiger partial charge in [-0.25, -0.2) is 17.5 Å². The second-order valence-electron chi connectivity index (χ2n) is 4.11. The van der Waals surface area contributed by atoms with Crippen molar-refractivity contribution in [3.05, 3.63) is 29.6 Å². The van der Waals surface area contributed by atoms with E-state index in [1.165, 1.54) is 12.1 Å². The highest BCUT2D eigenvalue weighted by atomic mass is 32.2. The maximum atomic E-state index is 12.9. The van der Waals surface area contributed by atoms with Crippen molar-refractivity contribution in [1.29, 1.82) is 0 Å². The minimum absolute atomic E-state index is 0.123. The molecule has 6 heteroatoms. The molecular formula is C11H17FN2O2S. The van der Waals surface area contributed by atoms with Crippen molar-refractivity contribution in [2.75, 3.05) is 27.2 Å². The van der Waals surface area contributed by atoms with Crippen LogP contribution >= 0.6 is 0 Å². The zero-order chi connectivity index (χ0) is 13.1. The molecule has 0 bridgehead atoms. The molecule has 1 rings (SSSR count). The Kier molecular flexibility index (Phi) is 4.62. The topological polar surface area (TPSA) is 49.4 Å². The number of sulfonamides is 1. The number of benzene rings is 1. The van der Waals surface area contributed by atoms with Gasteiger partial charge in [0.15, 0.2) is 0 Å². The van der Waals surface area contributed by atoms with Crippen LogP contribution in [0.2, 0.25) is 0 Å². The van der Waals surface area contributed by atoms with Crippen LogP contribution in [0.1, 0.15) is 5.56 Å². The number of aryl methyl sites for hydroxylation is 1. The van der Waals surface area contributed by atoms with Gasteiger partial charge in [-0.1, -0.05) is 0 Å². The summed E-state index contributed by atoms with van der Waals surface area (Å²) in [5, 5.41) is 0. The molecule has 0 aliphatic rings. The highest BCUT2D eigenvalue weighted by Crippen LogP contribution is 2.15. The normalized spacial score (nSPS) is 12.1. The van der Waals surface area contributed by atoms with Crippen molar-refractivity contribution in [3.8, 4) is 0 Å². The molecule has 0 heterocycles. The molecule has 0 atom stereocenters. The summed E-state index contributed by atoms with van der Waals surface area (Å²) in [6.45, 7) is 2.51. The van der Waals surface area contributed by atoms with E-state index < -0.39 is 15.8 Å². The number of hydrogen-bond acceptors (Lipinski definition) is 3. The zero-order valence-corrected chi connectivity index (χ0v) is 11.0. The van der Waals surface area contributed by atoms with Crippen molar-refractivity contribution in [2.24, 2.45) is 0 Å². The first-order valence-electron chi connectivity index (χ1n) is 5.23. The van der Waals surface area contributed by atoms with Gasteiger partial charge in [0.2, 0.25) is 10.0 Å². The summed E-state index contributed by atoms with van der Waals surface area (Å²) < 4.78 is 39.1. The summed E-state index contributed by atoms with van der Waals surface area (Å²) in [7, 11) is 0.170. The van der Waals surface area contributed by atoms with Crippen LogP contribution in [-0.4, -0.2) is 40.5 Å². The largest absolute Gasteiger partial charge is 0.308 e. The van der Waals surface area contributed by atoms with Gasteiger partial charge >= 0.3 is 0 Å². The SMILES string of the molecule is Cc1cc(F)ccc1S(=O)(=O)NCCN(C)C. The summed E-state index contributed by atoms with van der Waals surface area (Å²) in [4.78, 5) is 2.00. The Labute approximate surface area is 101 Å². The predicted octanol–water partition coefficient (Wildman–Crippen LogP) is 0.974. The third kappa shape index (κ3) is 4.07. The lowest BCUT2D eigenvalue weighted by Crippen LogP contribution is -2.31. The van der Waals surface area contributed by atoms with Crippen LogP contribution in [0.5, 0.6) is 0 Å². The van der Waals surface area contributed by atoms with Crippen LogP contribution < -0.4 is 4.72 Å². The molecule has 1 aromatic rings. The molecule has 0 spiro atoms. The standard InChI is InChI=1S/C11H17FN2O2S/c1-9-8-10(12)4-5-11(9)17(15,16)13-6-7-14(2)3/h4-5,8,13H,6-7H2,1-3H3. The van der Waals surface area contributed by atoms with E-state index in [0.29, 0.717) is 18.7 Å². The summed E-state index contributed by atoms with van der Waals surface area (Å²) in [5.74, 6) is -0.435. The van der Waals surface area contributed by atoms with Crippen LogP contribution in [0.4, 0.5) is 4.39 Å². The van der Waals surface area contributed by atoms with E-state index in [0.717, 1.165) is 6.07 Å². The van der Waals surface area contributed by atoms with Crippen molar-refractivity contribution in [3.63, 3.8) is 0 Å². The van der Waals surface area contributed by atoms with E-state index in [2.05, 4.69) is 4.72 Å². The van der Waals surface area contributed by atoms with Gasteiger partial charge in [0.1, 0.15) is 5.82 Å². The molecule has 4 nitrogen and oxygen atoms in total. The first-order chi connectivity index (χ1) is 7.83. The Morgan fingerprint density at radius 3 is 2.53 bits per heavy atom. The molecule has 1 aromatic carbocycles. The highest BCUT2D eigenvalue weighted by Gasteiger charge is 2.16. The average Bonchev–Trinajstić information content (AvgIpc) is 2.15. The van der Waals surface area contributed by atoms with Crippen LogP contribution in [-0.2, 0) is 10.0 Å². The van der Waals surface area contributed by atoms with Gasteiger partial charge in [0, 0.05) is 13.1 Å². The molecule has 96 valence electrons. The van der Waals surface area contributed by atoms with Gasteiger partial charge in [-0.3, -0.25) is 0 Å². The van der Waals surface area contributed by atoms with Gasteiger partial charge in [-0.05, 0) is 44.8 Å². The van der Waals surface area contributed by atoms with E-state index in [9.17, 15) is 12.8 Å². The molecule has 0 aliphatic carbocycles. The lowest BCUT2D eigenvalue weighted by molar-refractivity contribution is 0.412. The Morgan fingerprint density at radius 1 is 1.35 bits per heavy atom. The number of nitrogens with one attached hydrogen (secondary N) is 1. The monoisotopic (exact) mass is 260 g/mol. The third-order valence-electron chi connectivity index (χ3n) is 2.28. The Bertz CT molecular complexity index is 486. The van der Waals surface area contributed by atoms with E-state index in [4.69, 9.17) is 0 Å². The summed E-state index contributed by atoms with van der Waals surface area (Å²) in [6.07, 6.45) is 0. The zero-order valence-electron chi connectivity index (χ0n) is 10.2. The fourth-order valence-corrected chi connectivity index (χ4v) is 2.64. The maximum absolute atomic E-state index is 12.9. The molecule has 0 amide bonds. The first-order valence-corrected chi connectivity index (χ1v) is 6.72. The van der Waals surface area contributed by atoms with Crippen molar-refractivity contribution < 1.29 is 12.8 Å². The second-order valence-corrected chi connectivity index (χ2v) is 5.85. The van der Waals surface area contributed by atoms with Crippen LogP contribution in [0, 0.1) is 12.7 Å². The van der Waals surface area contributed by atoms with Crippen LogP contribution in [0.3, 0.4) is 0 Å². The van der Waals surface area contributed by atoms with E-state index >= 15 is 0 Å². The van der Waals surface area contributed by atoms with Gasteiger partial charge in [0.05, 0.1) is 4.90 Å². The van der Waals surface area contributed by atoms with Gasteiger partial charge < -0.3 is 4.90 Å². The lowest BCUT2D eigenvalue weighted by atomic mass is 10.2. The molecule has 0 fully saturated rings. The van der Waals surface area contributed by atoms with E-state index in [1.807, 2.05) is 19.0 Å². The van der Waals surface area contributed by atoms with Crippen molar-refractivity contribution >= 4 is 10.0 Å². The smallest absolute Gasteiger partial charge is 0.240 e. The lowest BCUT2D eigenvalue weighted by Gasteiger charge is -2.12. The number of nitrogens with zero attached hydrogens (tertiary/aromatic N) is 1. The Balaban J connectivity index is 2.83. The van der Waals surface area contributed by atoms with Crippen LogP contribution in [0.15, 0.2) is 23.1 Å². The molecule has 0 aliphatic heterocycles. The Morgan fingerprint density at radius 2 is 2.00 bits per heavy atom. The molecule has 0 saturated heterocycles. The summed E-state index contributed by atoms with van der Waals surface area (Å²) in [6, 6.07) is 3.64. The fraction of sp³-hybridized carbons (Fsp3) is 0.455. The molecule has 0 unspecified atom stereocenters. The molecule has 0 saturated carbocycles. The highest BCUT2D eigenvalue weighted by molar-refractivity contribution is 7.89. The number of rotatable bonds is 5. The minimum atomic E-state index is -3.55. The number of hydrogen-bond donors (Lipinski definition) is 1. The molecular weight excluding hydrogens is 243 g/mol. The van der Waals surface area contributed by atoms with E-state index in [-0.39, 0.29) is 4.90 Å². The minimum Gasteiger partial charge on any atom is -0.308 e. The van der Waals surface area contributed by atoms with Gasteiger partial charge in [-0.2, -0.15) is 0 Å². The fourth-order valence-electron chi connectivity index (χ4n) is 1.40. The second kappa shape index (κ2) is 5.57. The molecule has 1 N–H and O–H groups in total. The number of likely N-dealkylation sites (N-methyl/N-ethyl adjacent to an activating group) is 1. The van der Waals surface area contributed by atoms with Crippen molar-refractivity contribution in [2.45, 2.75) is 11.8 Å². The van der Waals surface area contributed by atoms with Crippen LogP contribution in [0.25, 0.3) is 0 Å². The predicted molar refractivity (Wildman–Crippen MR) is 64.9 cm³/mol. The molecule has 0 aromatic heterocycles. The summed E-state index contributed by atoms with van der Waals surface area (Å²) in [5.41, 5.74) is 0.405. The molecule has 17 heavy (non-hydrogen) atoms. The number of halogens is 1. The first kappa shape index (κ1) is 14.1. The van der Waals surface area contributed by atoms with Crippen molar-refractivity contribution in [1.82, 2.24) is 9.62 Å². The van der Waals surface area contributed by atoms with Gasteiger partial charge in [-0.15, -0.1) is 0 Å².